The molecule has 0 unspecified atom stereocenters. The highest BCUT2D eigenvalue weighted by molar-refractivity contribution is 7.14. The van der Waals surface area contributed by atoms with E-state index in [-0.39, 0.29) is 11.8 Å². The van der Waals surface area contributed by atoms with E-state index < -0.39 is 0 Å². The number of anilines is 1. The number of rotatable bonds is 3. The molecule has 1 N–H and O–H groups in total. The van der Waals surface area contributed by atoms with Crippen LogP contribution in [0.15, 0.2) is 23.6 Å². The molecule has 24 heavy (non-hydrogen) atoms. The number of aromatic nitrogens is 1. The lowest BCUT2D eigenvalue weighted by atomic mass is 10.1. The van der Waals surface area contributed by atoms with Crippen molar-refractivity contribution in [2.75, 3.05) is 18.4 Å². The van der Waals surface area contributed by atoms with Gasteiger partial charge in [0.15, 0.2) is 5.13 Å². The van der Waals surface area contributed by atoms with Gasteiger partial charge < -0.3 is 4.90 Å². The minimum absolute atomic E-state index is 0.0824. The Balaban J connectivity index is 1.68. The average Bonchev–Trinajstić information content (AvgIpc) is 3.06. The van der Waals surface area contributed by atoms with Crippen molar-refractivity contribution >= 4 is 51.5 Å². The van der Waals surface area contributed by atoms with Gasteiger partial charge in [0, 0.05) is 24.0 Å². The van der Waals surface area contributed by atoms with Gasteiger partial charge in [0.05, 0.1) is 10.0 Å². The van der Waals surface area contributed by atoms with E-state index in [2.05, 4.69) is 10.3 Å². The van der Waals surface area contributed by atoms with Crippen molar-refractivity contribution in [3.05, 3.63) is 44.9 Å². The standard InChI is InChI=1S/C16H15Cl2N3O2S/c17-11-5-4-10(8-12(11)18)14(22)20-16-19-13(9-24-16)15(23)21-6-2-1-3-7-21/h4-5,8-9H,1-3,6-7H2,(H,19,20,22). The van der Waals surface area contributed by atoms with Gasteiger partial charge in [0.25, 0.3) is 11.8 Å². The fraction of sp³-hybridized carbons (Fsp3) is 0.312. The SMILES string of the molecule is O=C(Nc1nc(C(=O)N2CCCCC2)cs1)c1ccc(Cl)c(Cl)c1. The third-order valence-corrected chi connectivity index (χ3v) is 5.27. The highest BCUT2D eigenvalue weighted by Gasteiger charge is 2.21. The third kappa shape index (κ3) is 3.88. The summed E-state index contributed by atoms with van der Waals surface area (Å²) in [5, 5.41) is 5.42. The predicted molar refractivity (Wildman–Crippen MR) is 96.3 cm³/mol. The normalized spacial score (nSPS) is 14.5. The number of piperidine rings is 1. The smallest absolute Gasteiger partial charge is 0.273 e. The quantitative estimate of drug-likeness (QED) is 0.857. The molecule has 0 atom stereocenters. The van der Waals surface area contributed by atoms with Crippen LogP contribution in [0.3, 0.4) is 0 Å². The summed E-state index contributed by atoms with van der Waals surface area (Å²) < 4.78 is 0. The first-order valence-electron chi connectivity index (χ1n) is 7.56. The molecule has 1 aromatic heterocycles. The van der Waals surface area contributed by atoms with Crippen molar-refractivity contribution < 1.29 is 9.59 Å². The van der Waals surface area contributed by atoms with Crippen LogP contribution in [0.25, 0.3) is 0 Å². The molecule has 0 aliphatic carbocycles. The summed E-state index contributed by atoms with van der Waals surface area (Å²) in [6, 6.07) is 4.63. The van der Waals surface area contributed by atoms with Gasteiger partial charge >= 0.3 is 0 Å². The van der Waals surface area contributed by atoms with E-state index in [1.807, 2.05) is 4.90 Å². The van der Waals surface area contributed by atoms with Crippen LogP contribution in [0, 0.1) is 0 Å². The Morgan fingerprint density at radius 2 is 1.88 bits per heavy atom. The van der Waals surface area contributed by atoms with Crippen LogP contribution in [-0.2, 0) is 0 Å². The van der Waals surface area contributed by atoms with Gasteiger partial charge in [0.2, 0.25) is 0 Å². The summed E-state index contributed by atoms with van der Waals surface area (Å²) in [6.45, 7) is 1.53. The predicted octanol–water partition coefficient (Wildman–Crippen LogP) is 4.33. The second kappa shape index (κ2) is 7.51. The molecule has 0 bridgehead atoms. The summed E-state index contributed by atoms with van der Waals surface area (Å²) in [5.41, 5.74) is 0.745. The number of thiazole rings is 1. The summed E-state index contributed by atoms with van der Waals surface area (Å²) >= 11 is 13.0. The fourth-order valence-electron chi connectivity index (χ4n) is 2.50. The van der Waals surface area contributed by atoms with Crippen molar-refractivity contribution in [3.63, 3.8) is 0 Å². The lowest BCUT2D eigenvalue weighted by Crippen LogP contribution is -2.35. The summed E-state index contributed by atoms with van der Waals surface area (Å²) in [5.74, 6) is -0.430. The number of nitrogens with zero attached hydrogens (tertiary/aromatic N) is 2. The van der Waals surface area contributed by atoms with Crippen LogP contribution in [0.2, 0.25) is 10.0 Å². The first-order valence-corrected chi connectivity index (χ1v) is 9.19. The van der Waals surface area contributed by atoms with Gasteiger partial charge in [-0.25, -0.2) is 4.98 Å². The maximum absolute atomic E-state index is 12.4. The third-order valence-electron chi connectivity index (χ3n) is 3.77. The molecule has 1 saturated heterocycles. The highest BCUT2D eigenvalue weighted by atomic mass is 35.5. The Kier molecular flexibility index (Phi) is 5.38. The fourth-order valence-corrected chi connectivity index (χ4v) is 3.47. The van der Waals surface area contributed by atoms with Crippen molar-refractivity contribution in [1.29, 1.82) is 0 Å². The summed E-state index contributed by atoms with van der Waals surface area (Å²) in [4.78, 5) is 30.6. The number of carbonyl (C=O) groups is 2. The Morgan fingerprint density at radius 3 is 2.58 bits per heavy atom. The van der Waals surface area contributed by atoms with Crippen LogP contribution in [0.5, 0.6) is 0 Å². The largest absolute Gasteiger partial charge is 0.337 e. The van der Waals surface area contributed by atoms with Crippen LogP contribution < -0.4 is 5.32 Å². The number of carbonyl (C=O) groups excluding carboxylic acids is 2. The maximum atomic E-state index is 12.4. The van der Waals surface area contributed by atoms with Crippen LogP contribution in [-0.4, -0.2) is 34.8 Å². The molecule has 1 fully saturated rings. The Bertz CT molecular complexity index is 772. The molecule has 2 aromatic rings. The van der Waals surface area contributed by atoms with Gasteiger partial charge in [-0.2, -0.15) is 0 Å². The highest BCUT2D eigenvalue weighted by Crippen LogP contribution is 2.24. The molecule has 2 heterocycles. The van der Waals surface area contributed by atoms with E-state index in [0.29, 0.717) is 26.4 Å². The van der Waals surface area contributed by atoms with Gasteiger partial charge in [-0.3, -0.25) is 14.9 Å². The van der Waals surface area contributed by atoms with Gasteiger partial charge in [-0.05, 0) is 37.5 Å². The number of hydrogen-bond acceptors (Lipinski definition) is 4. The zero-order valence-electron chi connectivity index (χ0n) is 12.7. The number of halogens is 2. The van der Waals surface area contributed by atoms with Gasteiger partial charge in [-0.15, -0.1) is 11.3 Å². The van der Waals surface area contributed by atoms with E-state index in [4.69, 9.17) is 23.2 Å². The lowest BCUT2D eigenvalue weighted by Gasteiger charge is -2.25. The lowest BCUT2D eigenvalue weighted by molar-refractivity contribution is 0.0719. The topological polar surface area (TPSA) is 62.3 Å². The summed E-state index contributed by atoms with van der Waals surface area (Å²) in [6.07, 6.45) is 3.21. The van der Waals surface area contributed by atoms with Crippen LogP contribution >= 0.6 is 34.5 Å². The van der Waals surface area contributed by atoms with Crippen LogP contribution in [0.4, 0.5) is 5.13 Å². The Labute approximate surface area is 153 Å². The van der Waals surface area contributed by atoms with E-state index in [1.165, 1.54) is 17.4 Å². The summed E-state index contributed by atoms with van der Waals surface area (Å²) in [7, 11) is 0. The molecule has 2 amide bonds. The molecular formula is C16H15Cl2N3O2S. The molecule has 5 nitrogen and oxygen atoms in total. The monoisotopic (exact) mass is 383 g/mol. The van der Waals surface area contributed by atoms with Crippen molar-refractivity contribution in [2.45, 2.75) is 19.3 Å². The molecule has 1 aliphatic heterocycles. The number of benzene rings is 1. The molecule has 1 aliphatic rings. The van der Waals surface area contributed by atoms with E-state index in [9.17, 15) is 9.59 Å². The van der Waals surface area contributed by atoms with Gasteiger partial charge in [-0.1, -0.05) is 23.2 Å². The van der Waals surface area contributed by atoms with E-state index in [0.717, 1.165) is 32.4 Å². The van der Waals surface area contributed by atoms with Gasteiger partial charge in [0.1, 0.15) is 5.69 Å². The van der Waals surface area contributed by atoms with Crippen molar-refractivity contribution in [1.82, 2.24) is 9.88 Å². The molecule has 0 radical (unpaired) electrons. The molecule has 0 spiro atoms. The molecule has 3 rings (SSSR count). The number of likely N-dealkylation sites (tertiary alicyclic amines) is 1. The van der Waals surface area contributed by atoms with E-state index in [1.54, 1.807) is 17.5 Å². The molecule has 126 valence electrons. The first-order chi connectivity index (χ1) is 11.5. The van der Waals surface area contributed by atoms with Crippen molar-refractivity contribution in [2.24, 2.45) is 0 Å². The van der Waals surface area contributed by atoms with Crippen LogP contribution in [0.1, 0.15) is 40.1 Å². The zero-order chi connectivity index (χ0) is 17.1. The minimum atomic E-state index is -0.347. The minimum Gasteiger partial charge on any atom is -0.337 e. The average molecular weight is 384 g/mol. The molecule has 8 heteroatoms. The Hall–Kier alpha value is -1.63. The maximum Gasteiger partial charge on any atom is 0.273 e. The first kappa shape index (κ1) is 17.2. The number of nitrogens with one attached hydrogen (secondary N) is 1. The molecular weight excluding hydrogens is 369 g/mol. The number of amides is 2. The number of hydrogen-bond donors (Lipinski definition) is 1. The second-order valence-electron chi connectivity index (χ2n) is 5.47. The zero-order valence-corrected chi connectivity index (χ0v) is 15.0. The van der Waals surface area contributed by atoms with E-state index >= 15 is 0 Å². The van der Waals surface area contributed by atoms with Crippen molar-refractivity contribution in [3.8, 4) is 0 Å². The Morgan fingerprint density at radius 1 is 1.12 bits per heavy atom. The second-order valence-corrected chi connectivity index (χ2v) is 7.15. The molecule has 0 saturated carbocycles. The molecule has 1 aromatic carbocycles.